The molecule has 0 aliphatic carbocycles. The van der Waals surface area contributed by atoms with E-state index in [-0.39, 0.29) is 10.3 Å². The number of fused-ring (bicyclic) bond motifs is 1. The molecule has 0 bridgehead atoms. The van der Waals surface area contributed by atoms with Gasteiger partial charge in [-0.25, -0.2) is 17.9 Å². The average molecular weight is 242 g/mol. The molecular formula is C10H11FN2O2S. The summed E-state index contributed by atoms with van der Waals surface area (Å²) in [7, 11) is -3.90. The highest BCUT2D eigenvalue weighted by atomic mass is 32.2. The van der Waals surface area contributed by atoms with Crippen LogP contribution in [-0.2, 0) is 16.6 Å². The summed E-state index contributed by atoms with van der Waals surface area (Å²) in [6.45, 7) is 2.40. The Morgan fingerprint density at radius 2 is 2.12 bits per heavy atom. The fourth-order valence-corrected chi connectivity index (χ4v) is 2.51. The third kappa shape index (κ3) is 1.60. The summed E-state index contributed by atoms with van der Waals surface area (Å²) in [5, 5.41) is 5.11. The predicted octanol–water partition coefficient (Wildman–Crippen LogP) is 1.45. The second-order valence-corrected chi connectivity index (χ2v) is 4.99. The van der Waals surface area contributed by atoms with Crippen molar-refractivity contribution >= 4 is 20.9 Å². The van der Waals surface area contributed by atoms with Crippen molar-refractivity contribution in [3.05, 3.63) is 30.2 Å². The van der Waals surface area contributed by atoms with Crippen molar-refractivity contribution in [3.63, 3.8) is 0 Å². The highest BCUT2D eigenvalue weighted by Crippen LogP contribution is 2.26. The van der Waals surface area contributed by atoms with E-state index in [1.54, 1.807) is 10.6 Å². The number of hydrogen-bond acceptors (Lipinski definition) is 2. The quantitative estimate of drug-likeness (QED) is 0.866. The zero-order chi connectivity index (χ0) is 11.9. The van der Waals surface area contributed by atoms with Gasteiger partial charge in [-0.3, -0.25) is 0 Å². The van der Waals surface area contributed by atoms with Crippen molar-refractivity contribution < 1.29 is 12.8 Å². The van der Waals surface area contributed by atoms with Crippen LogP contribution >= 0.6 is 0 Å². The molecule has 0 aliphatic rings. The number of nitrogens with two attached hydrogens (primary N) is 1. The molecule has 4 nitrogen and oxygen atoms in total. The molecule has 16 heavy (non-hydrogen) atoms. The van der Waals surface area contributed by atoms with E-state index in [1.165, 1.54) is 18.3 Å². The molecule has 0 atom stereocenters. The molecule has 1 heterocycles. The van der Waals surface area contributed by atoms with Gasteiger partial charge in [0.05, 0.1) is 10.9 Å². The maximum atomic E-state index is 13.6. The molecule has 0 radical (unpaired) electrons. The van der Waals surface area contributed by atoms with Crippen LogP contribution in [0.5, 0.6) is 0 Å². The van der Waals surface area contributed by atoms with Crippen LogP contribution in [0.15, 0.2) is 29.3 Å². The summed E-state index contributed by atoms with van der Waals surface area (Å²) in [5.74, 6) is -0.575. The van der Waals surface area contributed by atoms with Crippen molar-refractivity contribution in [1.82, 2.24) is 4.57 Å². The van der Waals surface area contributed by atoms with Crippen LogP contribution in [0.2, 0.25) is 0 Å². The monoisotopic (exact) mass is 242 g/mol. The Kier molecular flexibility index (Phi) is 2.47. The van der Waals surface area contributed by atoms with Crippen LogP contribution in [0, 0.1) is 5.82 Å². The molecule has 0 fully saturated rings. The molecule has 0 saturated heterocycles. The summed E-state index contributed by atoms with van der Waals surface area (Å²) < 4.78 is 37.9. The average Bonchev–Trinajstić information content (AvgIpc) is 2.57. The number of rotatable bonds is 2. The van der Waals surface area contributed by atoms with Gasteiger partial charge in [0.2, 0.25) is 10.0 Å². The normalized spacial score (nSPS) is 12.2. The van der Waals surface area contributed by atoms with Gasteiger partial charge >= 0.3 is 0 Å². The number of aryl methyl sites for hydroxylation is 1. The van der Waals surface area contributed by atoms with Crippen molar-refractivity contribution in [3.8, 4) is 0 Å². The summed E-state index contributed by atoms with van der Waals surface area (Å²) in [6.07, 6.45) is 1.36. The first-order chi connectivity index (χ1) is 7.45. The minimum absolute atomic E-state index is 0.0619. The second kappa shape index (κ2) is 3.57. The van der Waals surface area contributed by atoms with E-state index >= 15 is 0 Å². The lowest BCUT2D eigenvalue weighted by molar-refractivity contribution is 0.596. The fourth-order valence-electron chi connectivity index (χ4n) is 1.75. The van der Waals surface area contributed by atoms with Gasteiger partial charge in [-0.15, -0.1) is 0 Å². The zero-order valence-corrected chi connectivity index (χ0v) is 9.46. The molecule has 86 valence electrons. The number of sulfonamides is 1. The first-order valence-electron chi connectivity index (χ1n) is 4.75. The van der Waals surface area contributed by atoms with Crippen molar-refractivity contribution in [2.24, 2.45) is 5.14 Å². The van der Waals surface area contributed by atoms with E-state index in [4.69, 9.17) is 5.14 Å². The van der Waals surface area contributed by atoms with Gasteiger partial charge in [0.15, 0.2) is 0 Å². The van der Waals surface area contributed by atoms with Crippen LogP contribution in [-0.4, -0.2) is 13.0 Å². The molecule has 6 heteroatoms. The number of halogens is 1. The molecule has 0 saturated carbocycles. The van der Waals surface area contributed by atoms with Crippen LogP contribution < -0.4 is 5.14 Å². The van der Waals surface area contributed by atoms with Crippen molar-refractivity contribution in [2.45, 2.75) is 18.4 Å². The lowest BCUT2D eigenvalue weighted by Gasteiger charge is -1.99. The lowest BCUT2D eigenvalue weighted by atomic mass is 10.2. The minimum Gasteiger partial charge on any atom is -0.346 e. The van der Waals surface area contributed by atoms with Gasteiger partial charge in [-0.05, 0) is 19.1 Å². The Hall–Kier alpha value is -1.40. The second-order valence-electron chi connectivity index (χ2n) is 3.46. The Labute approximate surface area is 92.5 Å². The highest BCUT2D eigenvalue weighted by Gasteiger charge is 2.19. The smallest absolute Gasteiger partial charge is 0.240 e. The maximum Gasteiger partial charge on any atom is 0.240 e. The molecule has 2 aromatic rings. The predicted molar refractivity (Wildman–Crippen MR) is 58.9 cm³/mol. The molecule has 1 aromatic carbocycles. The SMILES string of the molecule is CCn1cc(S(N)(=O)=O)c2c(F)cccc21. The van der Waals surface area contributed by atoms with E-state index in [2.05, 4.69) is 0 Å². The van der Waals surface area contributed by atoms with Crippen LogP contribution in [0.25, 0.3) is 10.9 Å². The standard InChI is InChI=1S/C10H11FN2O2S/c1-2-13-6-9(16(12,14)15)10-7(11)4-3-5-8(10)13/h3-6H,2H2,1H3,(H2,12,14,15). The zero-order valence-electron chi connectivity index (χ0n) is 8.64. The Morgan fingerprint density at radius 1 is 1.44 bits per heavy atom. The van der Waals surface area contributed by atoms with Gasteiger partial charge in [0.1, 0.15) is 10.7 Å². The molecule has 2 N–H and O–H groups in total. The molecule has 1 aromatic heterocycles. The van der Waals surface area contributed by atoms with Gasteiger partial charge < -0.3 is 4.57 Å². The topological polar surface area (TPSA) is 65.1 Å². The Balaban J connectivity index is 2.96. The number of aromatic nitrogens is 1. The first-order valence-corrected chi connectivity index (χ1v) is 6.30. The van der Waals surface area contributed by atoms with Crippen LogP contribution in [0.1, 0.15) is 6.92 Å². The first kappa shape index (κ1) is 11.1. The van der Waals surface area contributed by atoms with Gasteiger partial charge in [-0.1, -0.05) is 6.07 Å². The van der Waals surface area contributed by atoms with E-state index in [0.717, 1.165) is 0 Å². The number of nitrogens with zero attached hydrogens (tertiary/aromatic N) is 1. The van der Waals surface area contributed by atoms with Crippen LogP contribution in [0.4, 0.5) is 4.39 Å². The third-order valence-electron chi connectivity index (χ3n) is 2.47. The van der Waals surface area contributed by atoms with Crippen molar-refractivity contribution in [1.29, 1.82) is 0 Å². The van der Waals surface area contributed by atoms with E-state index in [0.29, 0.717) is 12.1 Å². The van der Waals surface area contributed by atoms with E-state index in [1.807, 2.05) is 6.92 Å². The molecule has 0 spiro atoms. The summed E-state index contributed by atoms with van der Waals surface area (Å²) in [4.78, 5) is -0.164. The molecule has 2 rings (SSSR count). The fraction of sp³-hybridized carbons (Fsp3) is 0.200. The number of primary sulfonamides is 1. The van der Waals surface area contributed by atoms with Gasteiger partial charge in [-0.2, -0.15) is 0 Å². The van der Waals surface area contributed by atoms with Gasteiger partial charge in [0, 0.05) is 12.7 Å². The van der Waals surface area contributed by atoms with Gasteiger partial charge in [0.25, 0.3) is 0 Å². The number of hydrogen-bond donors (Lipinski definition) is 1. The Morgan fingerprint density at radius 3 is 2.69 bits per heavy atom. The molecule has 0 unspecified atom stereocenters. The maximum absolute atomic E-state index is 13.6. The Bertz CT molecular complexity index is 646. The van der Waals surface area contributed by atoms with Crippen LogP contribution in [0.3, 0.4) is 0 Å². The molecular weight excluding hydrogens is 231 g/mol. The third-order valence-corrected chi connectivity index (χ3v) is 3.39. The lowest BCUT2D eigenvalue weighted by Crippen LogP contribution is -2.11. The largest absolute Gasteiger partial charge is 0.346 e. The highest BCUT2D eigenvalue weighted by molar-refractivity contribution is 7.89. The van der Waals surface area contributed by atoms with Crippen molar-refractivity contribution in [2.75, 3.05) is 0 Å². The van der Waals surface area contributed by atoms with E-state index in [9.17, 15) is 12.8 Å². The minimum atomic E-state index is -3.90. The summed E-state index contributed by atoms with van der Waals surface area (Å²) in [5.41, 5.74) is 0.534. The van der Waals surface area contributed by atoms with E-state index < -0.39 is 15.8 Å². The summed E-state index contributed by atoms with van der Waals surface area (Å²) >= 11 is 0. The molecule has 0 aliphatic heterocycles. The number of benzene rings is 1. The molecule has 0 amide bonds. The summed E-state index contributed by atoms with van der Waals surface area (Å²) in [6, 6.07) is 4.42.